The standard InChI is InChI=1S/C16H28BrN3O/c1-5-13-15(17)14(20(3)19-13)10-12(18-6-2)11-16(21-4)8-7-9-16/h12,18H,5-11H2,1-4H3. The topological polar surface area (TPSA) is 39.1 Å². The summed E-state index contributed by atoms with van der Waals surface area (Å²) in [5.41, 5.74) is 2.53. The van der Waals surface area contributed by atoms with Crippen molar-refractivity contribution in [2.75, 3.05) is 13.7 Å². The van der Waals surface area contributed by atoms with Gasteiger partial charge in [0.05, 0.1) is 21.5 Å². The lowest BCUT2D eigenvalue weighted by Crippen LogP contribution is -2.46. The van der Waals surface area contributed by atoms with Crippen molar-refractivity contribution in [1.29, 1.82) is 0 Å². The molecule has 0 spiro atoms. The van der Waals surface area contributed by atoms with E-state index < -0.39 is 0 Å². The number of likely N-dealkylation sites (N-methyl/N-ethyl adjacent to an activating group) is 1. The molecular formula is C16H28BrN3O. The summed E-state index contributed by atoms with van der Waals surface area (Å²) in [6.07, 6.45) is 6.71. The van der Waals surface area contributed by atoms with Gasteiger partial charge in [0, 0.05) is 26.6 Å². The van der Waals surface area contributed by atoms with Gasteiger partial charge in [-0.25, -0.2) is 0 Å². The maximum atomic E-state index is 5.80. The van der Waals surface area contributed by atoms with Gasteiger partial charge in [-0.2, -0.15) is 5.10 Å². The quantitative estimate of drug-likeness (QED) is 0.776. The highest BCUT2D eigenvalue weighted by Crippen LogP contribution is 2.39. The molecule has 1 fully saturated rings. The largest absolute Gasteiger partial charge is 0.378 e. The van der Waals surface area contributed by atoms with Crippen LogP contribution < -0.4 is 5.32 Å². The van der Waals surface area contributed by atoms with E-state index in [9.17, 15) is 0 Å². The van der Waals surface area contributed by atoms with E-state index in [4.69, 9.17) is 4.74 Å². The van der Waals surface area contributed by atoms with E-state index in [0.29, 0.717) is 6.04 Å². The van der Waals surface area contributed by atoms with E-state index in [2.05, 4.69) is 40.2 Å². The van der Waals surface area contributed by atoms with Gasteiger partial charge in [0.25, 0.3) is 0 Å². The molecule has 0 aliphatic heterocycles. The molecule has 120 valence electrons. The number of methoxy groups -OCH3 is 1. The minimum Gasteiger partial charge on any atom is -0.378 e. The fraction of sp³-hybridized carbons (Fsp3) is 0.812. The van der Waals surface area contributed by atoms with E-state index in [-0.39, 0.29) is 5.60 Å². The molecule has 1 aromatic heterocycles. The molecular weight excluding hydrogens is 330 g/mol. The molecule has 4 nitrogen and oxygen atoms in total. The van der Waals surface area contributed by atoms with Crippen molar-refractivity contribution in [2.45, 2.75) is 64.0 Å². The first kappa shape index (κ1) is 17.0. The molecule has 1 aromatic rings. The Bertz CT molecular complexity index is 463. The number of aryl methyl sites for hydroxylation is 2. The smallest absolute Gasteiger partial charge is 0.0766 e. The minimum atomic E-state index is 0.103. The molecule has 1 aliphatic rings. The van der Waals surface area contributed by atoms with Crippen LogP contribution in [0.1, 0.15) is 50.9 Å². The Morgan fingerprint density at radius 1 is 1.43 bits per heavy atom. The number of halogens is 1. The first-order valence-corrected chi connectivity index (χ1v) is 8.83. The summed E-state index contributed by atoms with van der Waals surface area (Å²) in [5.74, 6) is 0. The van der Waals surface area contributed by atoms with Gasteiger partial charge in [0.1, 0.15) is 0 Å². The van der Waals surface area contributed by atoms with Crippen LogP contribution in [0.2, 0.25) is 0 Å². The predicted octanol–water partition coefficient (Wildman–Crippen LogP) is 3.22. The molecule has 1 heterocycles. The third-order valence-electron chi connectivity index (χ3n) is 4.75. The van der Waals surface area contributed by atoms with Crippen molar-refractivity contribution in [3.63, 3.8) is 0 Å². The number of hydrogen-bond donors (Lipinski definition) is 1. The highest BCUT2D eigenvalue weighted by atomic mass is 79.9. The summed E-state index contributed by atoms with van der Waals surface area (Å²) in [6, 6.07) is 0.437. The van der Waals surface area contributed by atoms with E-state index in [1.54, 1.807) is 0 Å². The molecule has 2 rings (SSSR count). The zero-order chi connectivity index (χ0) is 15.5. The molecule has 0 aromatic carbocycles. The van der Waals surface area contributed by atoms with Crippen LogP contribution in [0.4, 0.5) is 0 Å². The average molecular weight is 358 g/mol. The molecule has 1 N–H and O–H groups in total. The molecule has 0 amide bonds. The summed E-state index contributed by atoms with van der Waals surface area (Å²) in [7, 11) is 3.90. The van der Waals surface area contributed by atoms with Crippen molar-refractivity contribution in [2.24, 2.45) is 7.05 Å². The zero-order valence-electron chi connectivity index (χ0n) is 13.7. The fourth-order valence-corrected chi connectivity index (χ4v) is 4.07. The van der Waals surface area contributed by atoms with Crippen LogP contribution in [0.3, 0.4) is 0 Å². The second kappa shape index (κ2) is 7.25. The first-order valence-electron chi connectivity index (χ1n) is 8.04. The second-order valence-corrected chi connectivity index (χ2v) is 6.88. The highest BCUT2D eigenvalue weighted by Gasteiger charge is 2.39. The Kier molecular flexibility index (Phi) is 5.86. The lowest BCUT2D eigenvalue weighted by atomic mass is 9.75. The summed E-state index contributed by atoms with van der Waals surface area (Å²) in [4.78, 5) is 0. The molecule has 0 bridgehead atoms. The Labute approximate surface area is 136 Å². The Balaban J connectivity index is 2.11. The lowest BCUT2D eigenvalue weighted by Gasteiger charge is -2.43. The Morgan fingerprint density at radius 3 is 2.57 bits per heavy atom. The molecule has 0 radical (unpaired) electrons. The molecule has 0 saturated heterocycles. The van der Waals surface area contributed by atoms with Gasteiger partial charge in [-0.15, -0.1) is 0 Å². The van der Waals surface area contributed by atoms with Crippen LogP contribution in [-0.2, 0) is 24.6 Å². The fourth-order valence-electron chi connectivity index (χ4n) is 3.29. The minimum absolute atomic E-state index is 0.103. The van der Waals surface area contributed by atoms with Crippen LogP contribution in [-0.4, -0.2) is 35.1 Å². The Morgan fingerprint density at radius 2 is 2.14 bits per heavy atom. The lowest BCUT2D eigenvalue weighted by molar-refractivity contribution is -0.0834. The van der Waals surface area contributed by atoms with Crippen LogP contribution in [0.25, 0.3) is 0 Å². The number of aromatic nitrogens is 2. The average Bonchev–Trinajstić information content (AvgIpc) is 2.70. The van der Waals surface area contributed by atoms with Gasteiger partial charge in [0.15, 0.2) is 0 Å². The van der Waals surface area contributed by atoms with Gasteiger partial charge >= 0.3 is 0 Å². The number of nitrogens with one attached hydrogen (secondary N) is 1. The maximum Gasteiger partial charge on any atom is 0.0766 e. The van der Waals surface area contributed by atoms with Gasteiger partial charge in [-0.3, -0.25) is 4.68 Å². The summed E-state index contributed by atoms with van der Waals surface area (Å²) < 4.78 is 9.00. The summed E-state index contributed by atoms with van der Waals surface area (Å²) >= 11 is 3.73. The second-order valence-electron chi connectivity index (χ2n) is 6.09. The predicted molar refractivity (Wildman–Crippen MR) is 89.7 cm³/mol. The highest BCUT2D eigenvalue weighted by molar-refractivity contribution is 9.10. The molecule has 21 heavy (non-hydrogen) atoms. The third-order valence-corrected chi connectivity index (χ3v) is 5.67. The van der Waals surface area contributed by atoms with Crippen LogP contribution in [0.5, 0.6) is 0 Å². The number of ether oxygens (including phenoxy) is 1. The van der Waals surface area contributed by atoms with Gasteiger partial charge in [0.2, 0.25) is 0 Å². The zero-order valence-corrected chi connectivity index (χ0v) is 15.3. The van der Waals surface area contributed by atoms with Crippen molar-refractivity contribution in [3.8, 4) is 0 Å². The van der Waals surface area contributed by atoms with Crippen LogP contribution in [0, 0.1) is 0 Å². The molecule has 1 aliphatic carbocycles. The molecule has 1 saturated carbocycles. The van der Waals surface area contributed by atoms with Gasteiger partial charge < -0.3 is 10.1 Å². The monoisotopic (exact) mass is 357 g/mol. The van der Waals surface area contributed by atoms with Gasteiger partial charge in [-0.1, -0.05) is 13.8 Å². The third kappa shape index (κ3) is 3.69. The molecule has 5 heteroatoms. The van der Waals surface area contributed by atoms with Crippen molar-refractivity contribution in [1.82, 2.24) is 15.1 Å². The molecule has 1 atom stereocenters. The normalized spacial score (nSPS) is 18.5. The Hall–Kier alpha value is -0.390. The van der Waals surface area contributed by atoms with E-state index in [1.807, 2.05) is 18.8 Å². The van der Waals surface area contributed by atoms with Crippen molar-refractivity contribution < 1.29 is 4.74 Å². The number of hydrogen-bond acceptors (Lipinski definition) is 3. The van der Waals surface area contributed by atoms with Gasteiger partial charge in [-0.05, 0) is 54.6 Å². The number of rotatable bonds is 8. The van der Waals surface area contributed by atoms with Crippen LogP contribution in [0.15, 0.2) is 4.47 Å². The van der Waals surface area contributed by atoms with E-state index in [1.165, 1.54) is 29.4 Å². The summed E-state index contributed by atoms with van der Waals surface area (Å²) in [5, 5.41) is 8.23. The van der Waals surface area contributed by atoms with E-state index in [0.717, 1.165) is 31.5 Å². The molecule has 1 unspecified atom stereocenters. The van der Waals surface area contributed by atoms with E-state index >= 15 is 0 Å². The SMILES string of the molecule is CCNC(Cc1c(Br)c(CC)nn1C)CC1(OC)CCC1. The number of nitrogens with zero attached hydrogens (tertiary/aromatic N) is 2. The first-order chi connectivity index (χ1) is 10.0. The van der Waals surface area contributed by atoms with Crippen molar-refractivity contribution >= 4 is 15.9 Å². The van der Waals surface area contributed by atoms with Crippen LogP contribution >= 0.6 is 15.9 Å². The maximum absolute atomic E-state index is 5.80. The summed E-state index contributed by atoms with van der Waals surface area (Å²) in [6.45, 7) is 5.30. The van der Waals surface area contributed by atoms with Crippen molar-refractivity contribution in [3.05, 3.63) is 15.9 Å².